The van der Waals surface area contributed by atoms with Crippen molar-refractivity contribution in [3.05, 3.63) is 35.4 Å². The minimum atomic E-state index is 0.444. The van der Waals surface area contributed by atoms with Crippen LogP contribution in [-0.4, -0.2) is 18.5 Å². The molecule has 0 heterocycles. The first-order valence-corrected chi connectivity index (χ1v) is 6.76. The summed E-state index contributed by atoms with van der Waals surface area (Å²) in [5.74, 6) is 0.898. The maximum atomic E-state index is 4.63. The van der Waals surface area contributed by atoms with Crippen molar-refractivity contribution in [2.75, 3.05) is 6.54 Å². The van der Waals surface area contributed by atoms with Crippen molar-refractivity contribution in [1.82, 2.24) is 10.6 Å². The van der Waals surface area contributed by atoms with E-state index in [-0.39, 0.29) is 0 Å². The molecule has 18 heavy (non-hydrogen) atoms. The van der Waals surface area contributed by atoms with Crippen LogP contribution in [0.5, 0.6) is 0 Å². The third-order valence-corrected chi connectivity index (χ3v) is 3.01. The lowest BCUT2D eigenvalue weighted by Gasteiger charge is -2.16. The predicted molar refractivity (Wildman–Crippen MR) is 78.9 cm³/mol. The van der Waals surface area contributed by atoms with E-state index in [2.05, 4.69) is 67.6 Å². The Bertz CT molecular complexity index is 385. The topological polar surface area (TPSA) is 36.4 Å². The molecule has 0 aliphatic rings. The molecule has 0 bridgehead atoms. The molecular formula is C15H25N3. The van der Waals surface area contributed by atoms with Crippen LogP contribution >= 0.6 is 0 Å². The van der Waals surface area contributed by atoms with Gasteiger partial charge in [0.1, 0.15) is 0 Å². The van der Waals surface area contributed by atoms with E-state index in [1.165, 1.54) is 11.1 Å². The van der Waals surface area contributed by atoms with Crippen molar-refractivity contribution in [1.29, 1.82) is 0 Å². The van der Waals surface area contributed by atoms with E-state index in [0.29, 0.717) is 6.04 Å². The van der Waals surface area contributed by atoms with Crippen molar-refractivity contribution >= 4 is 5.96 Å². The molecule has 1 rings (SSSR count). The van der Waals surface area contributed by atoms with Gasteiger partial charge in [-0.25, -0.2) is 4.99 Å². The van der Waals surface area contributed by atoms with Crippen LogP contribution in [0.15, 0.2) is 29.3 Å². The van der Waals surface area contributed by atoms with Crippen LogP contribution in [0.3, 0.4) is 0 Å². The van der Waals surface area contributed by atoms with Gasteiger partial charge in [0.25, 0.3) is 0 Å². The second-order valence-corrected chi connectivity index (χ2v) is 4.58. The number of nitrogens with zero attached hydrogens (tertiary/aromatic N) is 1. The number of benzene rings is 1. The van der Waals surface area contributed by atoms with E-state index in [9.17, 15) is 0 Å². The van der Waals surface area contributed by atoms with Gasteiger partial charge in [0.05, 0.1) is 6.54 Å². The van der Waals surface area contributed by atoms with Gasteiger partial charge in [0.15, 0.2) is 5.96 Å². The molecule has 100 valence electrons. The van der Waals surface area contributed by atoms with Crippen LogP contribution in [0.2, 0.25) is 0 Å². The summed E-state index contributed by atoms with van der Waals surface area (Å²) >= 11 is 0. The first kappa shape index (κ1) is 14.6. The van der Waals surface area contributed by atoms with Gasteiger partial charge in [-0.1, -0.05) is 31.2 Å². The highest BCUT2D eigenvalue weighted by molar-refractivity contribution is 5.80. The number of aliphatic imine (C=N–C) groups is 1. The van der Waals surface area contributed by atoms with Gasteiger partial charge in [0, 0.05) is 12.6 Å². The van der Waals surface area contributed by atoms with Crippen LogP contribution in [0.4, 0.5) is 0 Å². The van der Waals surface area contributed by atoms with Gasteiger partial charge in [-0.3, -0.25) is 0 Å². The molecule has 1 atom stereocenters. The zero-order chi connectivity index (χ0) is 13.4. The largest absolute Gasteiger partial charge is 0.357 e. The number of nitrogens with one attached hydrogen (secondary N) is 2. The SMILES string of the molecule is CCNC(=NCc1ccccc1C)NC(C)CC. The quantitative estimate of drug-likeness (QED) is 0.620. The Morgan fingerprint density at radius 1 is 1.28 bits per heavy atom. The summed E-state index contributed by atoms with van der Waals surface area (Å²) in [4.78, 5) is 4.63. The number of aryl methyl sites for hydroxylation is 1. The molecule has 3 nitrogen and oxygen atoms in total. The van der Waals surface area contributed by atoms with E-state index < -0.39 is 0 Å². The van der Waals surface area contributed by atoms with Crippen LogP contribution in [0.1, 0.15) is 38.3 Å². The zero-order valence-electron chi connectivity index (χ0n) is 12.0. The monoisotopic (exact) mass is 247 g/mol. The molecule has 0 aliphatic heterocycles. The smallest absolute Gasteiger partial charge is 0.191 e. The average molecular weight is 247 g/mol. The second kappa shape index (κ2) is 7.75. The molecule has 0 aromatic heterocycles. The highest BCUT2D eigenvalue weighted by atomic mass is 15.2. The predicted octanol–water partition coefficient (Wildman–Crippen LogP) is 2.85. The van der Waals surface area contributed by atoms with Gasteiger partial charge in [-0.05, 0) is 38.3 Å². The minimum absolute atomic E-state index is 0.444. The van der Waals surface area contributed by atoms with Crippen molar-refractivity contribution in [3.8, 4) is 0 Å². The zero-order valence-corrected chi connectivity index (χ0v) is 12.0. The Kier molecular flexibility index (Phi) is 6.26. The standard InChI is InChI=1S/C15H25N3/c1-5-13(4)18-15(16-6-2)17-11-14-10-8-7-9-12(14)3/h7-10,13H,5-6,11H2,1-4H3,(H2,16,17,18). The van der Waals surface area contributed by atoms with Crippen LogP contribution in [-0.2, 0) is 6.54 Å². The van der Waals surface area contributed by atoms with Crippen LogP contribution in [0, 0.1) is 6.92 Å². The molecule has 0 spiro atoms. The Morgan fingerprint density at radius 3 is 2.61 bits per heavy atom. The fraction of sp³-hybridized carbons (Fsp3) is 0.533. The first-order valence-electron chi connectivity index (χ1n) is 6.76. The molecule has 0 saturated heterocycles. The number of guanidine groups is 1. The summed E-state index contributed by atoms with van der Waals surface area (Å²) in [6.45, 7) is 10.2. The number of hydrogen-bond donors (Lipinski definition) is 2. The summed E-state index contributed by atoms with van der Waals surface area (Å²) in [6, 6.07) is 8.82. The minimum Gasteiger partial charge on any atom is -0.357 e. The van der Waals surface area contributed by atoms with Gasteiger partial charge in [-0.15, -0.1) is 0 Å². The molecule has 3 heteroatoms. The third-order valence-electron chi connectivity index (χ3n) is 3.01. The van der Waals surface area contributed by atoms with E-state index in [1.807, 2.05) is 0 Å². The second-order valence-electron chi connectivity index (χ2n) is 4.58. The van der Waals surface area contributed by atoms with Gasteiger partial charge in [-0.2, -0.15) is 0 Å². The maximum Gasteiger partial charge on any atom is 0.191 e. The van der Waals surface area contributed by atoms with E-state index in [4.69, 9.17) is 0 Å². The van der Waals surface area contributed by atoms with Crippen molar-refractivity contribution in [3.63, 3.8) is 0 Å². The van der Waals surface area contributed by atoms with Crippen LogP contribution < -0.4 is 10.6 Å². The Balaban J connectivity index is 2.68. The lowest BCUT2D eigenvalue weighted by molar-refractivity contribution is 0.624. The molecule has 0 aliphatic carbocycles. The van der Waals surface area contributed by atoms with Gasteiger partial charge >= 0.3 is 0 Å². The molecule has 1 aromatic carbocycles. The first-order chi connectivity index (χ1) is 8.67. The normalized spacial score (nSPS) is 13.2. The molecule has 0 saturated carbocycles. The maximum absolute atomic E-state index is 4.63. The Morgan fingerprint density at radius 2 is 2.00 bits per heavy atom. The van der Waals surface area contributed by atoms with Gasteiger partial charge < -0.3 is 10.6 Å². The van der Waals surface area contributed by atoms with Crippen molar-refractivity contribution in [2.24, 2.45) is 4.99 Å². The summed E-state index contributed by atoms with van der Waals surface area (Å²) in [5, 5.41) is 6.67. The summed E-state index contributed by atoms with van der Waals surface area (Å²) in [5.41, 5.74) is 2.57. The average Bonchev–Trinajstić information content (AvgIpc) is 2.37. The van der Waals surface area contributed by atoms with E-state index in [0.717, 1.165) is 25.5 Å². The Hall–Kier alpha value is -1.51. The fourth-order valence-corrected chi connectivity index (χ4v) is 1.61. The highest BCUT2D eigenvalue weighted by Gasteiger charge is 2.02. The molecule has 1 aromatic rings. The number of hydrogen-bond acceptors (Lipinski definition) is 1. The molecule has 2 N–H and O–H groups in total. The fourth-order valence-electron chi connectivity index (χ4n) is 1.61. The van der Waals surface area contributed by atoms with E-state index >= 15 is 0 Å². The molecule has 1 unspecified atom stereocenters. The lowest BCUT2D eigenvalue weighted by atomic mass is 10.1. The molecule has 0 fully saturated rings. The van der Waals surface area contributed by atoms with Crippen molar-refractivity contribution in [2.45, 2.75) is 46.7 Å². The molecule has 0 amide bonds. The summed E-state index contributed by atoms with van der Waals surface area (Å²) in [7, 11) is 0. The van der Waals surface area contributed by atoms with Crippen molar-refractivity contribution < 1.29 is 0 Å². The van der Waals surface area contributed by atoms with E-state index in [1.54, 1.807) is 0 Å². The highest BCUT2D eigenvalue weighted by Crippen LogP contribution is 2.07. The van der Waals surface area contributed by atoms with Crippen LogP contribution in [0.25, 0.3) is 0 Å². The number of rotatable bonds is 5. The Labute approximate surface area is 111 Å². The lowest BCUT2D eigenvalue weighted by Crippen LogP contribution is -2.41. The summed E-state index contributed by atoms with van der Waals surface area (Å²) < 4.78 is 0. The molecule has 0 radical (unpaired) electrons. The molecular weight excluding hydrogens is 222 g/mol. The third kappa shape index (κ3) is 4.78. The van der Waals surface area contributed by atoms with Gasteiger partial charge in [0.2, 0.25) is 0 Å². The summed E-state index contributed by atoms with van der Waals surface area (Å²) in [6.07, 6.45) is 1.09.